The molecule has 0 bridgehead atoms. The molecule has 0 saturated carbocycles. The average molecular weight is 517 g/mol. The van der Waals surface area contributed by atoms with Crippen molar-refractivity contribution in [1.82, 2.24) is 14.3 Å². The molecule has 1 saturated heterocycles. The van der Waals surface area contributed by atoms with E-state index in [2.05, 4.69) is 10.6 Å². The van der Waals surface area contributed by atoms with Gasteiger partial charge in [-0.25, -0.2) is 4.72 Å². The summed E-state index contributed by atoms with van der Waals surface area (Å²) in [4.78, 5) is 25.1. The van der Waals surface area contributed by atoms with Gasteiger partial charge in [-0.05, 0) is 35.7 Å². The number of nitrogens with one attached hydrogen (secondary N) is 3. The molecule has 0 radical (unpaired) electrons. The van der Waals surface area contributed by atoms with Crippen LogP contribution in [-0.4, -0.2) is 57.6 Å². The van der Waals surface area contributed by atoms with Gasteiger partial charge in [-0.15, -0.1) is 0 Å². The van der Waals surface area contributed by atoms with E-state index < -0.39 is 28.3 Å². The first-order valence-corrected chi connectivity index (χ1v) is 13.0. The van der Waals surface area contributed by atoms with E-state index in [-0.39, 0.29) is 30.8 Å². The number of carbonyl (C=O) groups is 2. The van der Waals surface area contributed by atoms with Crippen LogP contribution in [0.3, 0.4) is 0 Å². The molecule has 1 aromatic heterocycles. The molecule has 0 spiro atoms. The monoisotopic (exact) mass is 516 g/mol. The highest BCUT2D eigenvalue weighted by Crippen LogP contribution is 2.26. The molecule has 12 heteroatoms. The molecule has 2 aromatic carbocycles. The molecule has 2 amide bonds. The number of anilines is 2. The molecule has 1 aliphatic heterocycles. The lowest BCUT2D eigenvalue weighted by molar-refractivity contribution is -0.0175. The number of thiophene rings is 1. The third kappa shape index (κ3) is 6.17. The van der Waals surface area contributed by atoms with Crippen molar-refractivity contribution < 1.29 is 27.5 Å². The number of hydrogen-bond acceptors (Lipinski definition) is 8. The Morgan fingerprint density at radius 2 is 1.89 bits per heavy atom. The molecule has 2 heterocycles. The van der Waals surface area contributed by atoms with Gasteiger partial charge in [-0.2, -0.15) is 24.1 Å². The number of hydrogen-bond donors (Lipinski definition) is 3. The van der Waals surface area contributed by atoms with Crippen LogP contribution in [0.25, 0.3) is 0 Å². The summed E-state index contributed by atoms with van der Waals surface area (Å²) in [5.41, 5.74) is 2.14. The second kappa shape index (κ2) is 10.9. The van der Waals surface area contributed by atoms with Gasteiger partial charge < -0.3 is 20.1 Å². The van der Waals surface area contributed by atoms with Crippen LogP contribution < -0.4 is 20.1 Å². The molecule has 1 fully saturated rings. The Kier molecular flexibility index (Phi) is 7.66. The zero-order chi connectivity index (χ0) is 24.8. The minimum absolute atomic E-state index is 0.0434. The molecule has 3 aromatic rings. The first-order valence-electron chi connectivity index (χ1n) is 10.6. The number of amides is 2. The van der Waals surface area contributed by atoms with Crippen LogP contribution in [0.4, 0.5) is 11.4 Å². The number of methoxy groups -OCH3 is 1. The predicted molar refractivity (Wildman–Crippen MR) is 132 cm³/mol. The second-order valence-electron chi connectivity index (χ2n) is 7.55. The van der Waals surface area contributed by atoms with Gasteiger partial charge in [0, 0.05) is 29.4 Å². The SMILES string of the molecule is COc1cc(Nc2ccccc2)ccc1C(=O)NC1CN(S(=O)(=O)NC(=O)c2ccsc2)CCO1. The van der Waals surface area contributed by atoms with Crippen LogP contribution in [0.15, 0.2) is 65.4 Å². The molecular formula is C23H24N4O6S2. The lowest BCUT2D eigenvalue weighted by Gasteiger charge is -2.32. The third-order valence-corrected chi connectivity index (χ3v) is 7.31. The average Bonchev–Trinajstić information content (AvgIpc) is 3.40. The molecule has 35 heavy (non-hydrogen) atoms. The Morgan fingerprint density at radius 1 is 1.09 bits per heavy atom. The van der Waals surface area contributed by atoms with Gasteiger partial charge in [-0.1, -0.05) is 18.2 Å². The van der Waals surface area contributed by atoms with E-state index in [0.717, 1.165) is 15.7 Å². The molecule has 10 nitrogen and oxygen atoms in total. The quantitative estimate of drug-likeness (QED) is 0.420. The molecule has 1 unspecified atom stereocenters. The topological polar surface area (TPSA) is 126 Å². The number of para-hydroxylation sites is 1. The summed E-state index contributed by atoms with van der Waals surface area (Å²) in [6.07, 6.45) is -0.907. The largest absolute Gasteiger partial charge is 0.496 e. The Bertz CT molecular complexity index is 1280. The van der Waals surface area contributed by atoms with Crippen LogP contribution in [0.5, 0.6) is 5.75 Å². The van der Waals surface area contributed by atoms with Gasteiger partial charge in [0.15, 0.2) is 0 Å². The zero-order valence-electron chi connectivity index (χ0n) is 18.8. The Balaban J connectivity index is 1.40. The van der Waals surface area contributed by atoms with Crippen molar-refractivity contribution >= 4 is 44.7 Å². The van der Waals surface area contributed by atoms with Crippen molar-refractivity contribution in [2.75, 3.05) is 32.1 Å². The van der Waals surface area contributed by atoms with Crippen LogP contribution in [0, 0.1) is 0 Å². The highest BCUT2D eigenvalue weighted by Gasteiger charge is 2.32. The second-order valence-corrected chi connectivity index (χ2v) is 10.00. The summed E-state index contributed by atoms with van der Waals surface area (Å²) in [5, 5.41) is 9.15. The fraction of sp³-hybridized carbons (Fsp3) is 0.217. The molecule has 4 rings (SSSR count). The fourth-order valence-corrected chi connectivity index (χ4v) is 5.20. The van der Waals surface area contributed by atoms with Crippen LogP contribution >= 0.6 is 11.3 Å². The number of nitrogens with zero attached hydrogens (tertiary/aromatic N) is 1. The molecule has 3 N–H and O–H groups in total. The maximum atomic E-state index is 12.9. The number of carbonyl (C=O) groups excluding carboxylic acids is 2. The maximum Gasteiger partial charge on any atom is 0.304 e. The van der Waals surface area contributed by atoms with Gasteiger partial charge in [0.25, 0.3) is 11.8 Å². The van der Waals surface area contributed by atoms with E-state index in [0.29, 0.717) is 5.75 Å². The van der Waals surface area contributed by atoms with Crippen molar-refractivity contribution in [3.8, 4) is 5.75 Å². The minimum Gasteiger partial charge on any atom is -0.496 e. The van der Waals surface area contributed by atoms with Crippen molar-refractivity contribution in [3.05, 3.63) is 76.5 Å². The number of benzene rings is 2. The first kappa shape index (κ1) is 24.7. The molecular weight excluding hydrogens is 492 g/mol. The Labute approximate surface area is 207 Å². The maximum absolute atomic E-state index is 12.9. The summed E-state index contributed by atoms with van der Waals surface area (Å²) in [6, 6.07) is 16.1. The summed E-state index contributed by atoms with van der Waals surface area (Å²) in [6.45, 7) is -0.0642. The number of ether oxygens (including phenoxy) is 2. The normalized spacial score (nSPS) is 16.3. The van der Waals surface area contributed by atoms with Gasteiger partial charge in [0.05, 0.1) is 31.4 Å². The minimum atomic E-state index is -4.12. The Morgan fingerprint density at radius 3 is 2.60 bits per heavy atom. The standard InChI is InChI=1S/C23H24N4O6S2/c1-32-20-13-18(24-17-5-3-2-4-6-17)7-8-19(20)23(29)25-21-14-27(10-11-33-21)35(30,31)26-22(28)16-9-12-34-15-16/h2-9,12-13,15,21,24H,10-11,14H2,1H3,(H,25,29)(H,26,28). The van der Waals surface area contributed by atoms with Gasteiger partial charge in [0.1, 0.15) is 12.0 Å². The number of morpholine rings is 1. The lowest BCUT2D eigenvalue weighted by Crippen LogP contribution is -2.55. The van der Waals surface area contributed by atoms with E-state index in [9.17, 15) is 18.0 Å². The first-order chi connectivity index (χ1) is 16.9. The molecule has 1 aliphatic rings. The zero-order valence-corrected chi connectivity index (χ0v) is 20.4. The van der Waals surface area contributed by atoms with Crippen molar-refractivity contribution in [2.24, 2.45) is 0 Å². The third-order valence-electron chi connectivity index (χ3n) is 5.17. The van der Waals surface area contributed by atoms with Crippen molar-refractivity contribution in [1.29, 1.82) is 0 Å². The van der Waals surface area contributed by atoms with E-state index >= 15 is 0 Å². The molecule has 184 valence electrons. The van der Waals surface area contributed by atoms with Gasteiger partial charge in [0.2, 0.25) is 0 Å². The fourth-order valence-electron chi connectivity index (χ4n) is 3.43. The molecule has 1 atom stereocenters. The van der Waals surface area contributed by atoms with Gasteiger partial charge in [-0.3, -0.25) is 9.59 Å². The van der Waals surface area contributed by atoms with E-state index in [1.807, 2.05) is 35.1 Å². The van der Waals surface area contributed by atoms with E-state index in [1.165, 1.54) is 24.5 Å². The van der Waals surface area contributed by atoms with Crippen molar-refractivity contribution in [2.45, 2.75) is 6.23 Å². The van der Waals surface area contributed by atoms with Gasteiger partial charge >= 0.3 is 10.2 Å². The van der Waals surface area contributed by atoms with E-state index in [1.54, 1.807) is 29.0 Å². The highest BCUT2D eigenvalue weighted by atomic mass is 32.2. The van der Waals surface area contributed by atoms with Crippen LogP contribution in [-0.2, 0) is 14.9 Å². The van der Waals surface area contributed by atoms with Crippen LogP contribution in [0.2, 0.25) is 0 Å². The summed E-state index contributed by atoms with van der Waals surface area (Å²) in [5.74, 6) is -0.862. The van der Waals surface area contributed by atoms with Crippen molar-refractivity contribution in [3.63, 3.8) is 0 Å². The molecule has 0 aliphatic carbocycles. The smallest absolute Gasteiger partial charge is 0.304 e. The lowest BCUT2D eigenvalue weighted by atomic mass is 10.1. The van der Waals surface area contributed by atoms with E-state index in [4.69, 9.17) is 9.47 Å². The highest BCUT2D eigenvalue weighted by molar-refractivity contribution is 7.87. The number of rotatable bonds is 8. The van der Waals surface area contributed by atoms with Crippen LogP contribution in [0.1, 0.15) is 20.7 Å². The predicted octanol–water partition coefficient (Wildman–Crippen LogP) is 2.56. The Hall–Kier alpha value is -3.45. The summed E-state index contributed by atoms with van der Waals surface area (Å²) >= 11 is 1.29. The summed E-state index contributed by atoms with van der Waals surface area (Å²) < 4.78 is 39.4. The summed E-state index contributed by atoms with van der Waals surface area (Å²) in [7, 11) is -2.66.